The van der Waals surface area contributed by atoms with Crippen LogP contribution in [-0.4, -0.2) is 34.0 Å². The van der Waals surface area contributed by atoms with Crippen molar-refractivity contribution in [1.29, 1.82) is 0 Å². The number of likely N-dealkylation sites (tertiary alicyclic amines) is 1. The molecule has 1 aromatic heterocycles. The monoisotopic (exact) mass is 261 g/mol. The number of nitrogens with two attached hydrogens (primary N) is 2. The molecule has 0 unspecified atom stereocenters. The van der Waals surface area contributed by atoms with Crippen molar-refractivity contribution < 1.29 is 0 Å². The molecule has 104 valence electrons. The van der Waals surface area contributed by atoms with E-state index in [1.807, 2.05) is 0 Å². The molecule has 0 amide bonds. The second-order valence-electron chi connectivity index (χ2n) is 5.81. The Morgan fingerprint density at radius 1 is 1.26 bits per heavy atom. The second-order valence-corrected chi connectivity index (χ2v) is 5.81. The Hall–Kier alpha value is -1.36. The maximum Gasteiger partial charge on any atom is 0.222 e. The van der Waals surface area contributed by atoms with E-state index in [1.54, 1.807) is 0 Å². The maximum absolute atomic E-state index is 6.03. The first-order valence-electron chi connectivity index (χ1n) is 7.33. The van der Waals surface area contributed by atoms with Gasteiger partial charge in [-0.25, -0.2) is 4.98 Å². The Morgan fingerprint density at radius 3 is 2.89 bits per heavy atom. The number of fused-ring (bicyclic) bond motifs is 2. The third-order valence-electron chi connectivity index (χ3n) is 4.56. The molecule has 1 aliphatic carbocycles. The van der Waals surface area contributed by atoms with Gasteiger partial charge in [-0.15, -0.1) is 0 Å². The highest BCUT2D eigenvalue weighted by molar-refractivity contribution is 5.47. The second kappa shape index (κ2) is 4.96. The molecule has 4 N–H and O–H groups in total. The molecular formula is C14H23N5. The summed E-state index contributed by atoms with van der Waals surface area (Å²) in [7, 11) is 0. The number of anilines is 2. The zero-order valence-corrected chi connectivity index (χ0v) is 11.6. The van der Waals surface area contributed by atoms with Crippen molar-refractivity contribution in [3.8, 4) is 0 Å². The van der Waals surface area contributed by atoms with Gasteiger partial charge in [-0.05, 0) is 51.1 Å². The number of hydrogen-bond donors (Lipinski definition) is 2. The largest absolute Gasteiger partial charge is 0.383 e. The van der Waals surface area contributed by atoms with Gasteiger partial charge in [0.05, 0.1) is 5.69 Å². The Bertz CT molecular complexity index is 471. The molecule has 0 radical (unpaired) electrons. The van der Waals surface area contributed by atoms with E-state index in [2.05, 4.69) is 21.8 Å². The third kappa shape index (κ3) is 2.27. The number of rotatable bonds is 2. The van der Waals surface area contributed by atoms with Crippen LogP contribution >= 0.6 is 0 Å². The molecule has 0 aromatic carbocycles. The van der Waals surface area contributed by atoms with Crippen molar-refractivity contribution in [3.63, 3.8) is 0 Å². The summed E-state index contributed by atoms with van der Waals surface area (Å²) in [5.74, 6) is 1.61. The minimum Gasteiger partial charge on any atom is -0.383 e. The van der Waals surface area contributed by atoms with Crippen LogP contribution in [0, 0.1) is 5.92 Å². The highest BCUT2D eigenvalue weighted by Crippen LogP contribution is 2.36. The molecule has 0 saturated carbocycles. The molecule has 2 aliphatic rings. The van der Waals surface area contributed by atoms with Crippen molar-refractivity contribution in [2.24, 2.45) is 5.92 Å². The predicted octanol–water partition coefficient (Wildman–Crippen LogP) is 1.23. The number of hydrogen-bond acceptors (Lipinski definition) is 5. The zero-order valence-electron chi connectivity index (χ0n) is 11.6. The van der Waals surface area contributed by atoms with Gasteiger partial charge in [0.2, 0.25) is 5.95 Å². The van der Waals surface area contributed by atoms with Gasteiger partial charge in [0.25, 0.3) is 0 Å². The minimum absolute atomic E-state index is 0.316. The first kappa shape index (κ1) is 12.7. The van der Waals surface area contributed by atoms with Crippen molar-refractivity contribution in [2.75, 3.05) is 24.6 Å². The standard InChI is InChI=1S/C14H23N5/c1-2-5-19-6-3-4-9-7-11-10(8-12(9)19)13(15)18-14(16)17-11/h9,12H,2-8H2,1H3,(H4,15,16,17,18)/t9-,12-/m0/s1. The van der Waals surface area contributed by atoms with Crippen LogP contribution in [0.15, 0.2) is 0 Å². The molecule has 19 heavy (non-hydrogen) atoms. The molecule has 2 heterocycles. The van der Waals surface area contributed by atoms with E-state index >= 15 is 0 Å². The van der Waals surface area contributed by atoms with Crippen LogP contribution in [0.4, 0.5) is 11.8 Å². The van der Waals surface area contributed by atoms with E-state index in [9.17, 15) is 0 Å². The third-order valence-corrected chi connectivity index (χ3v) is 4.56. The fourth-order valence-corrected chi connectivity index (χ4v) is 3.73. The molecule has 5 heteroatoms. The van der Waals surface area contributed by atoms with Crippen LogP contribution in [0.25, 0.3) is 0 Å². The van der Waals surface area contributed by atoms with Gasteiger partial charge in [-0.1, -0.05) is 6.92 Å². The van der Waals surface area contributed by atoms with E-state index in [0.29, 0.717) is 23.7 Å². The normalized spacial score (nSPS) is 26.8. The van der Waals surface area contributed by atoms with Crippen molar-refractivity contribution in [2.45, 2.75) is 45.1 Å². The molecule has 2 atom stereocenters. The van der Waals surface area contributed by atoms with Gasteiger partial charge in [0.15, 0.2) is 0 Å². The van der Waals surface area contributed by atoms with Gasteiger partial charge >= 0.3 is 0 Å². The summed E-state index contributed by atoms with van der Waals surface area (Å²) < 4.78 is 0. The quantitative estimate of drug-likeness (QED) is 0.837. The lowest BCUT2D eigenvalue weighted by Crippen LogP contribution is -2.49. The van der Waals surface area contributed by atoms with E-state index in [0.717, 1.165) is 24.1 Å². The SMILES string of the molecule is CCCN1CCC[C@H]2Cc3nc(N)nc(N)c3C[C@@H]21. The van der Waals surface area contributed by atoms with Crippen molar-refractivity contribution in [1.82, 2.24) is 14.9 Å². The summed E-state index contributed by atoms with van der Waals surface area (Å²) >= 11 is 0. The molecule has 1 saturated heterocycles. The first-order valence-corrected chi connectivity index (χ1v) is 7.33. The molecular weight excluding hydrogens is 238 g/mol. The number of nitrogen functional groups attached to an aromatic ring is 2. The van der Waals surface area contributed by atoms with Gasteiger partial charge in [0.1, 0.15) is 5.82 Å². The van der Waals surface area contributed by atoms with E-state index in [1.165, 1.54) is 32.4 Å². The zero-order chi connectivity index (χ0) is 13.4. The average molecular weight is 261 g/mol. The molecule has 0 bridgehead atoms. The molecule has 1 aliphatic heterocycles. The van der Waals surface area contributed by atoms with Crippen LogP contribution in [0.2, 0.25) is 0 Å². The summed E-state index contributed by atoms with van der Waals surface area (Å²) in [5, 5.41) is 0. The summed E-state index contributed by atoms with van der Waals surface area (Å²) in [4.78, 5) is 11.2. The van der Waals surface area contributed by atoms with Gasteiger partial charge < -0.3 is 11.5 Å². The van der Waals surface area contributed by atoms with E-state index < -0.39 is 0 Å². The smallest absolute Gasteiger partial charge is 0.222 e. The van der Waals surface area contributed by atoms with Crippen LogP contribution in [-0.2, 0) is 12.8 Å². The van der Waals surface area contributed by atoms with Gasteiger partial charge in [0, 0.05) is 11.6 Å². The molecule has 1 aromatic rings. The maximum atomic E-state index is 6.03. The molecule has 3 rings (SSSR count). The van der Waals surface area contributed by atoms with Gasteiger partial charge in [-0.2, -0.15) is 4.98 Å². The molecule has 1 fully saturated rings. The summed E-state index contributed by atoms with van der Waals surface area (Å²) in [6.07, 6.45) is 5.81. The summed E-state index contributed by atoms with van der Waals surface area (Å²) in [5.41, 5.74) is 14.0. The lowest BCUT2D eigenvalue weighted by Gasteiger charge is -2.44. The van der Waals surface area contributed by atoms with E-state index in [4.69, 9.17) is 11.5 Å². The summed E-state index contributed by atoms with van der Waals surface area (Å²) in [6, 6.07) is 0.621. The Kier molecular flexibility index (Phi) is 3.31. The van der Waals surface area contributed by atoms with Crippen molar-refractivity contribution >= 4 is 11.8 Å². The number of nitrogens with zero attached hydrogens (tertiary/aromatic N) is 3. The fourth-order valence-electron chi connectivity index (χ4n) is 3.73. The summed E-state index contributed by atoms with van der Waals surface area (Å²) in [6.45, 7) is 4.66. The van der Waals surface area contributed by atoms with Crippen LogP contribution in [0.1, 0.15) is 37.4 Å². The molecule has 0 spiro atoms. The lowest BCUT2D eigenvalue weighted by molar-refractivity contribution is 0.0847. The lowest BCUT2D eigenvalue weighted by atomic mass is 9.77. The average Bonchev–Trinajstić information content (AvgIpc) is 2.37. The Balaban J connectivity index is 1.91. The first-order chi connectivity index (χ1) is 9.19. The van der Waals surface area contributed by atoms with Gasteiger partial charge in [-0.3, -0.25) is 4.90 Å². The number of piperidine rings is 1. The minimum atomic E-state index is 0.316. The number of aromatic nitrogens is 2. The highest BCUT2D eigenvalue weighted by Gasteiger charge is 2.36. The van der Waals surface area contributed by atoms with Crippen LogP contribution in [0.5, 0.6) is 0 Å². The fraction of sp³-hybridized carbons (Fsp3) is 0.714. The van der Waals surface area contributed by atoms with Crippen molar-refractivity contribution in [3.05, 3.63) is 11.3 Å². The molecule has 5 nitrogen and oxygen atoms in total. The highest BCUT2D eigenvalue weighted by atomic mass is 15.2. The topological polar surface area (TPSA) is 81.1 Å². The predicted molar refractivity (Wildman–Crippen MR) is 76.6 cm³/mol. The Morgan fingerprint density at radius 2 is 2.11 bits per heavy atom. The van der Waals surface area contributed by atoms with Crippen LogP contribution in [0.3, 0.4) is 0 Å². The van der Waals surface area contributed by atoms with E-state index in [-0.39, 0.29) is 0 Å². The Labute approximate surface area is 114 Å². The van der Waals surface area contributed by atoms with Crippen LogP contribution < -0.4 is 11.5 Å².